The zero-order valence-electron chi connectivity index (χ0n) is 14.3. The van der Waals surface area contributed by atoms with Gasteiger partial charge in [-0.15, -0.1) is 0 Å². The topological polar surface area (TPSA) is 103 Å². The lowest BCUT2D eigenvalue weighted by Crippen LogP contribution is -2.08. The van der Waals surface area contributed by atoms with Crippen molar-refractivity contribution in [3.8, 4) is 0 Å². The zero-order valence-corrected chi connectivity index (χ0v) is 15.8. The van der Waals surface area contributed by atoms with E-state index in [1.54, 1.807) is 18.2 Å². The molecule has 1 atom stereocenters. The molecule has 0 saturated heterocycles. The van der Waals surface area contributed by atoms with E-state index in [9.17, 15) is 0 Å². The number of oxazole rings is 1. The Balaban J connectivity index is 1.56. The predicted molar refractivity (Wildman–Crippen MR) is 107 cm³/mol. The standard InChI is InChI=1S/C18H15ClN6OS/c1-10(27-18-22-13-9-11(19)7-8-14(13)26-18)15-23-16(20)25-17(24-15)21-12-5-3-2-4-6-12/h2-10H,1H3,(H3,20,21,23,24,25). The Hall–Kier alpha value is -2.84. The summed E-state index contributed by atoms with van der Waals surface area (Å²) in [5, 5.41) is 4.11. The van der Waals surface area contributed by atoms with Crippen LogP contribution in [0.2, 0.25) is 5.02 Å². The smallest absolute Gasteiger partial charge is 0.257 e. The lowest BCUT2D eigenvalue weighted by atomic mass is 10.3. The number of nitrogens with zero attached hydrogens (tertiary/aromatic N) is 4. The first kappa shape index (κ1) is 17.6. The fourth-order valence-corrected chi connectivity index (χ4v) is 3.40. The minimum absolute atomic E-state index is 0.143. The molecule has 0 saturated carbocycles. The SMILES string of the molecule is CC(Sc1nc2cc(Cl)ccc2o1)c1nc(N)nc(Nc2ccccc2)n1. The molecule has 7 nitrogen and oxygen atoms in total. The van der Waals surface area contributed by atoms with E-state index in [0.717, 1.165) is 5.69 Å². The van der Waals surface area contributed by atoms with E-state index in [0.29, 0.717) is 33.1 Å². The Labute approximate surface area is 164 Å². The summed E-state index contributed by atoms with van der Waals surface area (Å²) in [6.07, 6.45) is 0. The van der Waals surface area contributed by atoms with Crippen LogP contribution in [0.1, 0.15) is 18.0 Å². The number of thioether (sulfide) groups is 1. The molecule has 0 aliphatic rings. The molecule has 0 spiro atoms. The van der Waals surface area contributed by atoms with Gasteiger partial charge >= 0.3 is 0 Å². The van der Waals surface area contributed by atoms with Crippen LogP contribution in [0.5, 0.6) is 0 Å². The number of rotatable bonds is 5. The first-order valence-corrected chi connectivity index (χ1v) is 9.39. The van der Waals surface area contributed by atoms with Gasteiger partial charge in [-0.05, 0) is 37.3 Å². The van der Waals surface area contributed by atoms with E-state index in [1.807, 2.05) is 37.3 Å². The van der Waals surface area contributed by atoms with Crippen molar-refractivity contribution in [3.05, 3.63) is 59.4 Å². The van der Waals surface area contributed by atoms with Gasteiger partial charge in [0, 0.05) is 10.7 Å². The molecule has 0 aliphatic heterocycles. The molecule has 0 fully saturated rings. The summed E-state index contributed by atoms with van der Waals surface area (Å²) in [7, 11) is 0. The Kier molecular flexibility index (Phi) is 4.83. The van der Waals surface area contributed by atoms with Crippen molar-refractivity contribution in [2.24, 2.45) is 0 Å². The van der Waals surface area contributed by atoms with Crippen LogP contribution in [-0.4, -0.2) is 19.9 Å². The molecule has 2 heterocycles. The van der Waals surface area contributed by atoms with E-state index in [-0.39, 0.29) is 11.2 Å². The number of anilines is 3. The molecule has 4 aromatic rings. The number of para-hydroxylation sites is 1. The molecular formula is C18H15ClN6OS. The third-order valence-corrected chi connectivity index (χ3v) is 4.85. The number of nitrogen functional groups attached to an aromatic ring is 1. The fourth-order valence-electron chi connectivity index (χ4n) is 2.43. The number of benzene rings is 2. The summed E-state index contributed by atoms with van der Waals surface area (Å²) in [5.74, 6) is 1.07. The Bertz CT molecular complexity index is 1090. The third-order valence-electron chi connectivity index (χ3n) is 3.67. The van der Waals surface area contributed by atoms with Crippen LogP contribution in [0, 0.1) is 0 Å². The third kappa shape index (κ3) is 4.12. The maximum Gasteiger partial charge on any atom is 0.257 e. The molecule has 4 rings (SSSR count). The number of aromatic nitrogens is 4. The summed E-state index contributed by atoms with van der Waals surface area (Å²) in [5.41, 5.74) is 8.11. The minimum atomic E-state index is -0.143. The second-order valence-corrected chi connectivity index (χ2v) is 7.45. The highest BCUT2D eigenvalue weighted by Crippen LogP contribution is 2.35. The predicted octanol–water partition coefficient (Wildman–Crippen LogP) is 4.85. The van der Waals surface area contributed by atoms with Gasteiger partial charge in [0.15, 0.2) is 5.58 Å². The highest BCUT2D eigenvalue weighted by molar-refractivity contribution is 7.99. The summed E-state index contributed by atoms with van der Waals surface area (Å²) in [6.45, 7) is 1.95. The maximum atomic E-state index is 5.99. The van der Waals surface area contributed by atoms with E-state index in [4.69, 9.17) is 21.8 Å². The van der Waals surface area contributed by atoms with Gasteiger partial charge in [0.1, 0.15) is 11.3 Å². The quantitative estimate of drug-likeness (QED) is 0.460. The molecule has 27 heavy (non-hydrogen) atoms. The van der Waals surface area contributed by atoms with E-state index in [2.05, 4.69) is 25.3 Å². The number of hydrogen-bond acceptors (Lipinski definition) is 8. The number of nitrogens with one attached hydrogen (secondary N) is 1. The fraction of sp³-hybridized carbons (Fsp3) is 0.111. The average molecular weight is 399 g/mol. The van der Waals surface area contributed by atoms with Crippen molar-refractivity contribution < 1.29 is 4.42 Å². The van der Waals surface area contributed by atoms with Crippen LogP contribution in [0.25, 0.3) is 11.1 Å². The number of fused-ring (bicyclic) bond motifs is 1. The summed E-state index contributed by atoms with van der Waals surface area (Å²) in [6, 6.07) is 14.9. The molecule has 1 unspecified atom stereocenters. The first-order valence-electron chi connectivity index (χ1n) is 8.13. The van der Waals surface area contributed by atoms with E-state index in [1.165, 1.54) is 11.8 Å². The van der Waals surface area contributed by atoms with Crippen molar-refractivity contribution in [1.82, 2.24) is 19.9 Å². The van der Waals surface area contributed by atoms with E-state index < -0.39 is 0 Å². The minimum Gasteiger partial charge on any atom is -0.431 e. The van der Waals surface area contributed by atoms with Gasteiger partial charge in [0.05, 0.1) is 5.25 Å². The molecular weight excluding hydrogens is 384 g/mol. The molecule has 9 heteroatoms. The second kappa shape index (κ2) is 7.42. The lowest BCUT2D eigenvalue weighted by Gasteiger charge is -2.10. The summed E-state index contributed by atoms with van der Waals surface area (Å²) in [4.78, 5) is 17.3. The normalized spacial score (nSPS) is 12.2. The monoisotopic (exact) mass is 398 g/mol. The Morgan fingerprint density at radius 1 is 1.07 bits per heavy atom. The lowest BCUT2D eigenvalue weighted by molar-refractivity contribution is 0.488. The van der Waals surface area contributed by atoms with Gasteiger partial charge in [-0.2, -0.15) is 15.0 Å². The van der Waals surface area contributed by atoms with Crippen LogP contribution >= 0.6 is 23.4 Å². The van der Waals surface area contributed by atoms with Crippen LogP contribution < -0.4 is 11.1 Å². The van der Waals surface area contributed by atoms with Crippen LogP contribution in [-0.2, 0) is 0 Å². The molecule has 0 amide bonds. The van der Waals surface area contributed by atoms with Crippen molar-refractivity contribution in [2.45, 2.75) is 17.4 Å². The number of hydrogen-bond donors (Lipinski definition) is 2. The maximum absolute atomic E-state index is 5.99. The van der Waals surface area contributed by atoms with Gasteiger partial charge in [0.2, 0.25) is 11.9 Å². The Morgan fingerprint density at radius 2 is 1.89 bits per heavy atom. The second-order valence-electron chi connectivity index (χ2n) is 5.72. The summed E-state index contributed by atoms with van der Waals surface area (Å²) < 4.78 is 5.75. The molecule has 0 aliphatic carbocycles. The number of nitrogens with two attached hydrogens (primary N) is 1. The molecule has 136 valence electrons. The molecule has 3 N–H and O–H groups in total. The van der Waals surface area contributed by atoms with E-state index >= 15 is 0 Å². The van der Waals surface area contributed by atoms with Gasteiger partial charge in [-0.1, -0.05) is 41.6 Å². The van der Waals surface area contributed by atoms with Gasteiger partial charge < -0.3 is 15.5 Å². The molecule has 0 bridgehead atoms. The molecule has 0 radical (unpaired) electrons. The largest absolute Gasteiger partial charge is 0.431 e. The van der Waals surface area contributed by atoms with Gasteiger partial charge in [-0.25, -0.2) is 4.98 Å². The van der Waals surface area contributed by atoms with Gasteiger partial charge in [-0.3, -0.25) is 0 Å². The van der Waals surface area contributed by atoms with Crippen LogP contribution in [0.4, 0.5) is 17.6 Å². The number of halogens is 1. The summed E-state index contributed by atoms with van der Waals surface area (Å²) >= 11 is 7.39. The van der Waals surface area contributed by atoms with Crippen LogP contribution in [0.15, 0.2) is 58.2 Å². The first-order chi connectivity index (χ1) is 13.1. The highest BCUT2D eigenvalue weighted by atomic mass is 35.5. The van der Waals surface area contributed by atoms with Crippen LogP contribution in [0.3, 0.4) is 0 Å². The zero-order chi connectivity index (χ0) is 18.8. The van der Waals surface area contributed by atoms with Crippen molar-refractivity contribution in [1.29, 1.82) is 0 Å². The highest BCUT2D eigenvalue weighted by Gasteiger charge is 2.17. The molecule has 2 aromatic heterocycles. The molecule has 2 aromatic carbocycles. The Morgan fingerprint density at radius 3 is 2.70 bits per heavy atom. The average Bonchev–Trinajstić information content (AvgIpc) is 3.03. The van der Waals surface area contributed by atoms with Crippen molar-refractivity contribution in [2.75, 3.05) is 11.1 Å². The van der Waals surface area contributed by atoms with Crippen molar-refractivity contribution in [3.63, 3.8) is 0 Å². The van der Waals surface area contributed by atoms with Crippen molar-refractivity contribution >= 4 is 52.0 Å². The van der Waals surface area contributed by atoms with Gasteiger partial charge in [0.25, 0.3) is 5.22 Å².